The first-order valence-corrected chi connectivity index (χ1v) is 6.63. The lowest BCUT2D eigenvalue weighted by Crippen LogP contribution is -2.11. The third-order valence-electron chi connectivity index (χ3n) is 3.33. The molecule has 0 aliphatic carbocycles. The first kappa shape index (κ1) is 13.9. The van der Waals surface area contributed by atoms with Gasteiger partial charge >= 0.3 is 0 Å². The Kier molecular flexibility index (Phi) is 3.42. The van der Waals surface area contributed by atoms with Crippen LogP contribution >= 0.6 is 0 Å². The first-order chi connectivity index (χ1) is 10.6. The molecule has 0 aliphatic heterocycles. The van der Waals surface area contributed by atoms with Crippen molar-refractivity contribution in [2.75, 3.05) is 19.0 Å². The Morgan fingerprint density at radius 2 is 2.00 bits per heavy atom. The molecule has 0 spiro atoms. The summed E-state index contributed by atoms with van der Waals surface area (Å²) in [4.78, 5) is 25.4. The summed E-state index contributed by atoms with van der Waals surface area (Å²) in [5, 5.41) is 11.1. The fraction of sp³-hybridized carbons (Fsp3) is 0.214. The van der Waals surface area contributed by atoms with Gasteiger partial charge < -0.3 is 9.47 Å². The molecule has 0 amide bonds. The van der Waals surface area contributed by atoms with E-state index in [0.717, 1.165) is 0 Å². The molecule has 112 valence electrons. The van der Waals surface area contributed by atoms with Gasteiger partial charge in [-0.1, -0.05) is 18.2 Å². The average molecular weight is 298 g/mol. The third-order valence-corrected chi connectivity index (χ3v) is 3.33. The van der Waals surface area contributed by atoms with Gasteiger partial charge in [-0.25, -0.2) is 15.0 Å². The van der Waals surface area contributed by atoms with E-state index in [0.29, 0.717) is 29.1 Å². The van der Waals surface area contributed by atoms with Gasteiger partial charge in [-0.3, -0.25) is 10.1 Å². The molecule has 0 bridgehead atoms. The van der Waals surface area contributed by atoms with Crippen molar-refractivity contribution in [2.24, 2.45) is 0 Å². The smallest absolute Gasteiger partial charge is 0.274 e. The van der Waals surface area contributed by atoms with Crippen molar-refractivity contribution in [3.8, 4) is 0 Å². The molecular weight excluding hydrogens is 284 g/mol. The number of para-hydroxylation sites is 1. The lowest BCUT2D eigenvalue weighted by molar-refractivity contribution is -0.385. The minimum Gasteiger partial charge on any atom is -0.361 e. The van der Waals surface area contributed by atoms with Crippen molar-refractivity contribution in [3.05, 3.63) is 52.6 Å². The van der Waals surface area contributed by atoms with Crippen LogP contribution in [0.25, 0.3) is 11.2 Å². The quantitative estimate of drug-likeness (QED) is 0.539. The summed E-state index contributed by atoms with van der Waals surface area (Å²) >= 11 is 0. The van der Waals surface area contributed by atoms with E-state index in [9.17, 15) is 10.1 Å². The van der Waals surface area contributed by atoms with Crippen molar-refractivity contribution in [2.45, 2.75) is 6.54 Å². The molecule has 8 nitrogen and oxygen atoms in total. The summed E-state index contributed by atoms with van der Waals surface area (Å²) in [5.74, 6) is 0.714. The summed E-state index contributed by atoms with van der Waals surface area (Å²) < 4.78 is 1.78. The minimum atomic E-state index is -0.380. The molecule has 0 unspecified atom stereocenters. The van der Waals surface area contributed by atoms with Crippen LogP contribution in [-0.2, 0) is 6.54 Å². The number of hydrogen-bond donors (Lipinski definition) is 0. The number of anilines is 1. The van der Waals surface area contributed by atoms with Crippen LogP contribution in [0.1, 0.15) is 5.56 Å². The number of nitro groups is 1. The standard InChI is InChI=1S/C14H14N6O2/c1-18(2)13-12-14(16-8-15-13)19(9-17-12)7-10-5-3-4-6-11(10)20(21)22/h3-6,8-9H,7H2,1-2H3. The van der Waals surface area contributed by atoms with Gasteiger partial charge in [-0.2, -0.15) is 0 Å². The highest BCUT2D eigenvalue weighted by Crippen LogP contribution is 2.23. The normalized spacial score (nSPS) is 10.8. The second-order valence-corrected chi connectivity index (χ2v) is 5.02. The van der Waals surface area contributed by atoms with Gasteiger partial charge in [0.25, 0.3) is 5.69 Å². The molecule has 0 fully saturated rings. The number of rotatable bonds is 4. The molecule has 0 saturated carbocycles. The average Bonchev–Trinajstić information content (AvgIpc) is 2.90. The van der Waals surface area contributed by atoms with Crippen molar-refractivity contribution in [1.29, 1.82) is 0 Å². The number of fused-ring (bicyclic) bond motifs is 1. The summed E-state index contributed by atoms with van der Waals surface area (Å²) in [7, 11) is 3.76. The molecule has 0 radical (unpaired) electrons. The van der Waals surface area contributed by atoms with Crippen LogP contribution in [0.3, 0.4) is 0 Å². The van der Waals surface area contributed by atoms with Gasteiger partial charge in [0.1, 0.15) is 6.33 Å². The second kappa shape index (κ2) is 5.40. The molecule has 0 saturated heterocycles. The highest BCUT2D eigenvalue weighted by molar-refractivity contribution is 5.83. The predicted octanol–water partition coefficient (Wildman–Crippen LogP) is 1.85. The SMILES string of the molecule is CN(C)c1ncnc2c1ncn2Cc1ccccc1[N+](=O)[O-]. The third kappa shape index (κ3) is 2.34. The highest BCUT2D eigenvalue weighted by Gasteiger charge is 2.16. The van der Waals surface area contributed by atoms with Crippen LogP contribution in [0.4, 0.5) is 11.5 Å². The Bertz CT molecular complexity index is 842. The molecule has 0 atom stereocenters. The molecule has 2 heterocycles. The Hall–Kier alpha value is -3.03. The number of nitro benzene ring substituents is 1. The highest BCUT2D eigenvalue weighted by atomic mass is 16.6. The Labute approximate surface area is 126 Å². The second-order valence-electron chi connectivity index (χ2n) is 5.02. The van der Waals surface area contributed by atoms with Gasteiger partial charge in [-0.05, 0) is 0 Å². The number of benzene rings is 1. The van der Waals surface area contributed by atoms with E-state index >= 15 is 0 Å². The van der Waals surface area contributed by atoms with Crippen LogP contribution in [0.2, 0.25) is 0 Å². The largest absolute Gasteiger partial charge is 0.361 e. The number of aromatic nitrogens is 4. The van der Waals surface area contributed by atoms with Gasteiger partial charge in [0.05, 0.1) is 17.8 Å². The van der Waals surface area contributed by atoms with Gasteiger partial charge in [0.2, 0.25) is 0 Å². The number of hydrogen-bond acceptors (Lipinski definition) is 6. The molecule has 3 rings (SSSR count). The predicted molar refractivity (Wildman–Crippen MR) is 81.8 cm³/mol. The topological polar surface area (TPSA) is 90.0 Å². The zero-order valence-corrected chi connectivity index (χ0v) is 12.2. The summed E-state index contributed by atoms with van der Waals surface area (Å²) in [5.41, 5.74) is 2.02. The molecular formula is C14H14N6O2. The fourth-order valence-corrected chi connectivity index (χ4v) is 2.32. The summed E-state index contributed by atoms with van der Waals surface area (Å²) in [6.45, 7) is 0.331. The van der Waals surface area contributed by atoms with E-state index in [1.165, 1.54) is 12.4 Å². The van der Waals surface area contributed by atoms with Crippen LogP contribution in [-0.4, -0.2) is 38.5 Å². The lowest BCUT2D eigenvalue weighted by Gasteiger charge is -2.11. The van der Waals surface area contributed by atoms with Gasteiger partial charge in [0.15, 0.2) is 17.0 Å². The molecule has 8 heteroatoms. The van der Waals surface area contributed by atoms with Crippen molar-refractivity contribution < 1.29 is 4.92 Å². The van der Waals surface area contributed by atoms with Crippen LogP contribution in [0.15, 0.2) is 36.9 Å². The minimum absolute atomic E-state index is 0.0891. The maximum absolute atomic E-state index is 11.1. The zero-order valence-electron chi connectivity index (χ0n) is 12.2. The molecule has 0 aliphatic rings. The van der Waals surface area contributed by atoms with Gasteiger partial charge in [0, 0.05) is 25.7 Å². The van der Waals surface area contributed by atoms with E-state index < -0.39 is 0 Å². The van der Waals surface area contributed by atoms with Crippen molar-refractivity contribution in [1.82, 2.24) is 19.5 Å². The maximum atomic E-state index is 11.1. The lowest BCUT2D eigenvalue weighted by atomic mass is 10.2. The van der Waals surface area contributed by atoms with Crippen LogP contribution in [0.5, 0.6) is 0 Å². The Morgan fingerprint density at radius 1 is 1.23 bits per heavy atom. The maximum Gasteiger partial charge on any atom is 0.274 e. The molecule has 3 aromatic rings. The number of imidazole rings is 1. The van der Waals surface area contributed by atoms with E-state index in [4.69, 9.17) is 0 Å². The molecule has 22 heavy (non-hydrogen) atoms. The van der Waals surface area contributed by atoms with E-state index in [-0.39, 0.29) is 10.6 Å². The Morgan fingerprint density at radius 3 is 2.73 bits per heavy atom. The monoisotopic (exact) mass is 298 g/mol. The van der Waals surface area contributed by atoms with Crippen LogP contribution in [0, 0.1) is 10.1 Å². The first-order valence-electron chi connectivity index (χ1n) is 6.63. The van der Waals surface area contributed by atoms with Crippen molar-refractivity contribution in [3.63, 3.8) is 0 Å². The van der Waals surface area contributed by atoms with E-state index in [1.807, 2.05) is 19.0 Å². The Balaban J connectivity index is 2.06. The fourth-order valence-electron chi connectivity index (χ4n) is 2.32. The van der Waals surface area contributed by atoms with E-state index in [1.54, 1.807) is 29.1 Å². The van der Waals surface area contributed by atoms with E-state index in [2.05, 4.69) is 15.0 Å². The zero-order chi connectivity index (χ0) is 15.7. The van der Waals surface area contributed by atoms with Gasteiger partial charge in [-0.15, -0.1) is 0 Å². The van der Waals surface area contributed by atoms with Crippen LogP contribution < -0.4 is 4.90 Å². The van der Waals surface area contributed by atoms with Crippen molar-refractivity contribution >= 4 is 22.7 Å². The summed E-state index contributed by atoms with van der Waals surface area (Å²) in [6, 6.07) is 6.66. The molecule has 2 aromatic heterocycles. The molecule has 1 aromatic carbocycles. The number of nitrogens with zero attached hydrogens (tertiary/aromatic N) is 6. The molecule has 0 N–H and O–H groups in total. The summed E-state index contributed by atoms with van der Waals surface area (Å²) in [6.07, 6.45) is 3.10.